The van der Waals surface area contributed by atoms with E-state index in [0.29, 0.717) is 5.56 Å². The summed E-state index contributed by atoms with van der Waals surface area (Å²) in [4.78, 5) is 13.9. The third kappa shape index (κ3) is 3.72. The summed E-state index contributed by atoms with van der Waals surface area (Å²) in [6, 6.07) is -0.201. The van der Waals surface area contributed by atoms with Crippen molar-refractivity contribution in [2.45, 2.75) is 25.6 Å². The number of aromatic nitrogens is 1. The molecule has 0 saturated heterocycles. The molecule has 0 radical (unpaired) electrons. The Hall–Kier alpha value is -1.05. The van der Waals surface area contributed by atoms with Gasteiger partial charge in [-0.25, -0.2) is 17.9 Å². The summed E-state index contributed by atoms with van der Waals surface area (Å²) < 4.78 is 30.4. The molecule has 1 aromatic rings. The van der Waals surface area contributed by atoms with Crippen molar-refractivity contribution in [2.75, 3.05) is 7.11 Å². The highest BCUT2D eigenvalue weighted by atomic mass is 35.5. The molecule has 1 heterocycles. The van der Waals surface area contributed by atoms with Gasteiger partial charge < -0.3 is 9.72 Å². The predicted octanol–water partition coefficient (Wildman–Crippen LogP) is 1.28. The zero-order valence-electron chi connectivity index (χ0n) is 10.3. The van der Waals surface area contributed by atoms with Crippen LogP contribution in [0.4, 0.5) is 0 Å². The number of nitrogens with one attached hydrogen (secondary N) is 2. The van der Waals surface area contributed by atoms with E-state index in [-0.39, 0.29) is 22.5 Å². The smallest absolute Gasteiger partial charge is 0.356 e. The molecule has 2 N–H and O–H groups in total. The minimum Gasteiger partial charge on any atom is -0.464 e. The van der Waals surface area contributed by atoms with Gasteiger partial charge in [-0.15, -0.1) is 0 Å². The fraction of sp³-hybridized carbons (Fsp3) is 0.500. The predicted molar refractivity (Wildman–Crippen MR) is 68.0 cm³/mol. The first-order valence-electron chi connectivity index (χ1n) is 5.21. The van der Waals surface area contributed by atoms with Crippen LogP contribution < -0.4 is 4.72 Å². The van der Waals surface area contributed by atoms with Gasteiger partial charge in [0.2, 0.25) is 10.0 Å². The average molecular weight is 295 g/mol. The summed E-state index contributed by atoms with van der Waals surface area (Å²) in [5.74, 6) is -0.933. The second kappa shape index (κ2) is 5.73. The molecule has 1 aromatic heterocycles. The molecular weight excluding hydrogens is 280 g/mol. The largest absolute Gasteiger partial charge is 0.464 e. The highest BCUT2D eigenvalue weighted by Gasteiger charge is 2.21. The first-order valence-corrected chi connectivity index (χ1v) is 7.24. The van der Waals surface area contributed by atoms with Crippen LogP contribution in [-0.4, -0.2) is 32.5 Å². The van der Waals surface area contributed by atoms with Gasteiger partial charge in [-0.2, -0.15) is 0 Å². The third-order valence-corrected chi connectivity index (χ3v) is 4.00. The first kappa shape index (κ1) is 15.0. The zero-order chi connectivity index (χ0) is 13.9. The minimum absolute atomic E-state index is 0.0499. The monoisotopic (exact) mass is 294 g/mol. The Morgan fingerprint density at radius 1 is 1.56 bits per heavy atom. The maximum Gasteiger partial charge on any atom is 0.356 e. The van der Waals surface area contributed by atoms with Crippen molar-refractivity contribution in [1.82, 2.24) is 9.71 Å². The molecule has 0 fully saturated rings. The Bertz CT molecular complexity index is 536. The fourth-order valence-electron chi connectivity index (χ4n) is 1.41. The Balaban J connectivity index is 2.93. The van der Waals surface area contributed by atoms with Gasteiger partial charge in [-0.3, -0.25) is 0 Å². The number of hydrogen-bond donors (Lipinski definition) is 2. The van der Waals surface area contributed by atoms with Crippen molar-refractivity contribution >= 4 is 27.6 Å². The molecule has 0 saturated carbocycles. The van der Waals surface area contributed by atoms with E-state index in [1.807, 2.05) is 0 Å². The van der Waals surface area contributed by atoms with Crippen LogP contribution in [0.15, 0.2) is 6.20 Å². The van der Waals surface area contributed by atoms with Gasteiger partial charge in [0, 0.05) is 17.8 Å². The Morgan fingerprint density at radius 3 is 2.67 bits per heavy atom. The van der Waals surface area contributed by atoms with Crippen LogP contribution in [0.2, 0.25) is 5.02 Å². The SMILES string of the molecule is COC(=O)c1[nH]cc(CS(=O)(=O)NC(C)C)c1Cl. The number of ether oxygens (including phenoxy) is 1. The summed E-state index contributed by atoms with van der Waals surface area (Å²) in [6.07, 6.45) is 1.38. The number of carbonyl (C=O) groups is 1. The number of rotatable bonds is 5. The van der Waals surface area contributed by atoms with Crippen LogP contribution >= 0.6 is 11.6 Å². The topological polar surface area (TPSA) is 88.3 Å². The first-order chi connectivity index (χ1) is 8.26. The van der Waals surface area contributed by atoms with Gasteiger partial charge in [0.05, 0.1) is 17.9 Å². The van der Waals surface area contributed by atoms with E-state index >= 15 is 0 Å². The summed E-state index contributed by atoms with van der Waals surface area (Å²) in [7, 11) is -2.26. The number of aromatic amines is 1. The molecule has 0 bridgehead atoms. The molecular formula is C10H15ClN2O4S. The van der Waals surface area contributed by atoms with E-state index < -0.39 is 16.0 Å². The lowest BCUT2D eigenvalue weighted by molar-refractivity contribution is 0.0595. The summed E-state index contributed by atoms with van der Waals surface area (Å²) in [5, 5.41) is 0.0657. The van der Waals surface area contributed by atoms with Gasteiger partial charge in [0.1, 0.15) is 5.69 Å². The molecule has 0 aliphatic rings. The van der Waals surface area contributed by atoms with E-state index in [4.69, 9.17) is 11.6 Å². The number of H-pyrrole nitrogens is 1. The van der Waals surface area contributed by atoms with E-state index in [2.05, 4.69) is 14.4 Å². The van der Waals surface area contributed by atoms with Gasteiger partial charge in [0.15, 0.2) is 0 Å². The van der Waals surface area contributed by atoms with E-state index in [0.717, 1.165) is 0 Å². The summed E-state index contributed by atoms with van der Waals surface area (Å²) in [5.41, 5.74) is 0.374. The number of carbonyl (C=O) groups excluding carboxylic acids is 1. The van der Waals surface area contributed by atoms with Crippen molar-refractivity contribution in [3.63, 3.8) is 0 Å². The van der Waals surface area contributed by atoms with Gasteiger partial charge in [0.25, 0.3) is 0 Å². The fourth-order valence-corrected chi connectivity index (χ4v) is 3.18. The lowest BCUT2D eigenvalue weighted by Gasteiger charge is -2.08. The van der Waals surface area contributed by atoms with Gasteiger partial charge >= 0.3 is 5.97 Å². The molecule has 0 spiro atoms. The molecule has 8 heteroatoms. The van der Waals surface area contributed by atoms with Crippen LogP contribution in [0.25, 0.3) is 0 Å². The lowest BCUT2D eigenvalue weighted by atomic mass is 10.3. The quantitative estimate of drug-likeness (QED) is 0.801. The average Bonchev–Trinajstić information content (AvgIpc) is 2.57. The molecule has 0 atom stereocenters. The van der Waals surface area contributed by atoms with Crippen LogP contribution in [-0.2, 0) is 20.5 Å². The number of hydrogen-bond acceptors (Lipinski definition) is 4. The Morgan fingerprint density at radius 2 is 2.17 bits per heavy atom. The molecule has 102 valence electrons. The zero-order valence-corrected chi connectivity index (χ0v) is 11.9. The van der Waals surface area contributed by atoms with Crippen molar-refractivity contribution in [1.29, 1.82) is 0 Å². The molecule has 0 aromatic carbocycles. The Kier molecular flexibility index (Phi) is 4.78. The van der Waals surface area contributed by atoms with Crippen molar-refractivity contribution in [3.05, 3.63) is 22.5 Å². The third-order valence-electron chi connectivity index (χ3n) is 2.04. The normalized spacial score (nSPS) is 11.8. The minimum atomic E-state index is -3.48. The van der Waals surface area contributed by atoms with Crippen LogP contribution in [0, 0.1) is 0 Å². The van der Waals surface area contributed by atoms with Crippen LogP contribution in [0.1, 0.15) is 29.9 Å². The molecule has 1 rings (SSSR count). The van der Waals surface area contributed by atoms with E-state index in [1.54, 1.807) is 13.8 Å². The molecule has 0 aliphatic heterocycles. The second-order valence-electron chi connectivity index (χ2n) is 4.03. The number of sulfonamides is 1. The van der Waals surface area contributed by atoms with Gasteiger partial charge in [-0.05, 0) is 13.8 Å². The molecule has 0 amide bonds. The number of esters is 1. The molecule has 6 nitrogen and oxygen atoms in total. The van der Waals surface area contributed by atoms with Crippen molar-refractivity contribution in [3.8, 4) is 0 Å². The van der Waals surface area contributed by atoms with E-state index in [9.17, 15) is 13.2 Å². The second-order valence-corrected chi connectivity index (χ2v) is 6.16. The standard InChI is InChI=1S/C10H15ClN2O4S/c1-6(2)13-18(15,16)5-7-4-12-9(8(7)11)10(14)17-3/h4,6,12-13H,5H2,1-3H3. The Labute approximate surface area is 111 Å². The molecule has 18 heavy (non-hydrogen) atoms. The number of methoxy groups -OCH3 is 1. The number of halogens is 1. The highest BCUT2D eigenvalue weighted by Crippen LogP contribution is 2.23. The molecule has 0 unspecified atom stereocenters. The molecule has 0 aliphatic carbocycles. The summed E-state index contributed by atoms with van der Waals surface area (Å²) in [6.45, 7) is 3.44. The maximum atomic E-state index is 11.7. The summed E-state index contributed by atoms with van der Waals surface area (Å²) >= 11 is 5.92. The van der Waals surface area contributed by atoms with Gasteiger partial charge in [-0.1, -0.05) is 11.6 Å². The van der Waals surface area contributed by atoms with Crippen LogP contribution in [0.3, 0.4) is 0 Å². The highest BCUT2D eigenvalue weighted by molar-refractivity contribution is 7.88. The van der Waals surface area contributed by atoms with E-state index in [1.165, 1.54) is 13.3 Å². The van der Waals surface area contributed by atoms with Crippen molar-refractivity contribution < 1.29 is 17.9 Å². The maximum absolute atomic E-state index is 11.7. The van der Waals surface area contributed by atoms with Crippen LogP contribution in [0.5, 0.6) is 0 Å². The lowest BCUT2D eigenvalue weighted by Crippen LogP contribution is -2.31. The van der Waals surface area contributed by atoms with Crippen molar-refractivity contribution in [2.24, 2.45) is 0 Å².